The molecule has 5 heteroatoms. The summed E-state index contributed by atoms with van der Waals surface area (Å²) < 4.78 is 5.04. The van der Waals surface area contributed by atoms with E-state index in [1.165, 1.54) is 0 Å². The van der Waals surface area contributed by atoms with E-state index in [1.54, 1.807) is 25.3 Å². The maximum absolute atomic E-state index is 11.9. The fourth-order valence-electron chi connectivity index (χ4n) is 2.03. The van der Waals surface area contributed by atoms with Gasteiger partial charge in [-0.05, 0) is 31.2 Å². The number of carbonyl (C=O) groups excluding carboxylic acids is 1. The molecule has 0 saturated carbocycles. The van der Waals surface area contributed by atoms with E-state index in [4.69, 9.17) is 4.74 Å². The number of carbonyl (C=O) groups is 1. The smallest absolute Gasteiger partial charge is 0.340 e. The molecule has 1 aromatic carbocycles. The van der Waals surface area contributed by atoms with Gasteiger partial charge in [-0.15, -0.1) is 0 Å². The Balaban J connectivity index is 2.12. The molecule has 0 aliphatic rings. The molecule has 1 N–H and O–H groups in total. The predicted octanol–water partition coefficient (Wildman–Crippen LogP) is 2.80. The molecule has 0 atom stereocenters. The van der Waals surface area contributed by atoms with Gasteiger partial charge in [-0.3, -0.25) is 4.98 Å². The van der Waals surface area contributed by atoms with Gasteiger partial charge >= 0.3 is 5.97 Å². The predicted molar refractivity (Wildman–Crippen MR) is 75.3 cm³/mol. The summed E-state index contributed by atoms with van der Waals surface area (Å²) in [7, 11) is 0. The number of H-pyrrole nitrogens is 1. The zero-order valence-electron chi connectivity index (χ0n) is 11.0. The van der Waals surface area contributed by atoms with Gasteiger partial charge < -0.3 is 9.72 Å². The second-order valence-electron chi connectivity index (χ2n) is 4.22. The standard InChI is InChI=1S/C15H13N3O2/c1-2-20-15(19)10-6-5-8-11-13(10)18-14(17-11)12-7-3-4-9-16-12/h3-9H,2H2,1H3,(H,17,18). The monoisotopic (exact) mass is 267 g/mol. The van der Waals surface area contributed by atoms with Crippen LogP contribution in [-0.2, 0) is 4.74 Å². The summed E-state index contributed by atoms with van der Waals surface area (Å²) in [5, 5.41) is 0. The number of nitrogens with zero attached hydrogens (tertiary/aromatic N) is 2. The lowest BCUT2D eigenvalue weighted by Gasteiger charge is -2.01. The van der Waals surface area contributed by atoms with Crippen LogP contribution < -0.4 is 0 Å². The number of benzene rings is 1. The van der Waals surface area contributed by atoms with Gasteiger partial charge in [-0.25, -0.2) is 9.78 Å². The number of hydrogen-bond acceptors (Lipinski definition) is 4. The van der Waals surface area contributed by atoms with Gasteiger partial charge in [0, 0.05) is 6.20 Å². The summed E-state index contributed by atoms with van der Waals surface area (Å²) in [5.41, 5.74) is 2.59. The number of fused-ring (bicyclic) bond motifs is 1. The Labute approximate surface area is 115 Å². The van der Waals surface area contributed by atoms with Gasteiger partial charge in [0.05, 0.1) is 17.7 Å². The van der Waals surface area contributed by atoms with Crippen molar-refractivity contribution in [2.45, 2.75) is 6.92 Å². The van der Waals surface area contributed by atoms with Gasteiger partial charge in [0.15, 0.2) is 5.82 Å². The molecule has 0 amide bonds. The van der Waals surface area contributed by atoms with Crippen molar-refractivity contribution < 1.29 is 9.53 Å². The van der Waals surface area contributed by atoms with Gasteiger partial charge in [0.25, 0.3) is 0 Å². The van der Waals surface area contributed by atoms with E-state index < -0.39 is 0 Å². The van der Waals surface area contributed by atoms with Gasteiger partial charge in [0.1, 0.15) is 11.2 Å². The number of aromatic nitrogens is 3. The number of pyridine rings is 1. The highest BCUT2D eigenvalue weighted by molar-refractivity contribution is 6.02. The van der Waals surface area contributed by atoms with Crippen LogP contribution in [0, 0.1) is 0 Å². The molecular weight excluding hydrogens is 254 g/mol. The maximum atomic E-state index is 11.9. The van der Waals surface area contributed by atoms with Gasteiger partial charge in [0.2, 0.25) is 0 Å². The van der Waals surface area contributed by atoms with Crippen molar-refractivity contribution in [3.63, 3.8) is 0 Å². The number of esters is 1. The number of para-hydroxylation sites is 1. The van der Waals surface area contributed by atoms with E-state index in [0.717, 1.165) is 11.2 Å². The van der Waals surface area contributed by atoms with Crippen LogP contribution in [0.5, 0.6) is 0 Å². The molecule has 0 unspecified atom stereocenters. The Morgan fingerprint density at radius 3 is 2.90 bits per heavy atom. The van der Waals surface area contributed by atoms with E-state index in [2.05, 4.69) is 15.0 Å². The van der Waals surface area contributed by atoms with Crippen molar-refractivity contribution in [2.75, 3.05) is 6.61 Å². The second-order valence-corrected chi connectivity index (χ2v) is 4.22. The molecule has 20 heavy (non-hydrogen) atoms. The highest BCUT2D eigenvalue weighted by atomic mass is 16.5. The van der Waals surface area contributed by atoms with Crippen molar-refractivity contribution in [3.05, 3.63) is 48.2 Å². The zero-order chi connectivity index (χ0) is 13.9. The molecule has 0 bridgehead atoms. The Bertz CT molecular complexity index is 750. The Morgan fingerprint density at radius 2 is 2.15 bits per heavy atom. The molecule has 2 heterocycles. The highest BCUT2D eigenvalue weighted by Crippen LogP contribution is 2.22. The van der Waals surface area contributed by atoms with Crippen molar-refractivity contribution in [1.29, 1.82) is 0 Å². The van der Waals surface area contributed by atoms with Crippen LogP contribution in [0.4, 0.5) is 0 Å². The molecule has 0 aliphatic carbocycles. The number of nitrogens with one attached hydrogen (secondary N) is 1. The van der Waals surface area contributed by atoms with Crippen LogP contribution in [0.25, 0.3) is 22.6 Å². The quantitative estimate of drug-likeness (QED) is 0.741. The molecule has 0 aliphatic heterocycles. The van der Waals surface area contributed by atoms with Crippen LogP contribution in [0.15, 0.2) is 42.6 Å². The third-order valence-electron chi connectivity index (χ3n) is 2.92. The average Bonchev–Trinajstić information content (AvgIpc) is 2.92. The topological polar surface area (TPSA) is 67.9 Å². The van der Waals surface area contributed by atoms with Crippen molar-refractivity contribution >= 4 is 17.0 Å². The Hall–Kier alpha value is -2.69. The minimum Gasteiger partial charge on any atom is -0.462 e. The van der Waals surface area contributed by atoms with Gasteiger partial charge in [-0.1, -0.05) is 12.1 Å². The number of aromatic amines is 1. The van der Waals surface area contributed by atoms with Gasteiger partial charge in [-0.2, -0.15) is 0 Å². The molecule has 100 valence electrons. The van der Waals surface area contributed by atoms with E-state index in [0.29, 0.717) is 23.5 Å². The number of rotatable bonds is 3. The number of imidazole rings is 1. The average molecular weight is 267 g/mol. The van der Waals surface area contributed by atoms with E-state index in [-0.39, 0.29) is 5.97 Å². The van der Waals surface area contributed by atoms with E-state index in [1.807, 2.05) is 24.3 Å². The van der Waals surface area contributed by atoms with Crippen molar-refractivity contribution in [3.8, 4) is 11.5 Å². The number of ether oxygens (including phenoxy) is 1. The largest absolute Gasteiger partial charge is 0.462 e. The highest BCUT2D eigenvalue weighted by Gasteiger charge is 2.15. The summed E-state index contributed by atoms with van der Waals surface area (Å²) in [5.74, 6) is 0.273. The molecule has 0 spiro atoms. The molecule has 2 aromatic heterocycles. The van der Waals surface area contributed by atoms with Crippen molar-refractivity contribution in [1.82, 2.24) is 15.0 Å². The SMILES string of the molecule is CCOC(=O)c1cccc2[nH]c(-c3ccccn3)nc12. The lowest BCUT2D eigenvalue weighted by atomic mass is 10.2. The lowest BCUT2D eigenvalue weighted by Crippen LogP contribution is -2.05. The Morgan fingerprint density at radius 1 is 1.25 bits per heavy atom. The molecule has 5 nitrogen and oxygen atoms in total. The zero-order valence-corrected chi connectivity index (χ0v) is 11.0. The molecule has 0 radical (unpaired) electrons. The van der Waals surface area contributed by atoms with E-state index >= 15 is 0 Å². The van der Waals surface area contributed by atoms with Crippen LogP contribution >= 0.6 is 0 Å². The van der Waals surface area contributed by atoms with Crippen LogP contribution in [0.2, 0.25) is 0 Å². The normalized spacial score (nSPS) is 10.7. The third-order valence-corrected chi connectivity index (χ3v) is 2.92. The first kappa shape index (κ1) is 12.3. The lowest BCUT2D eigenvalue weighted by molar-refractivity contribution is 0.0528. The maximum Gasteiger partial charge on any atom is 0.340 e. The molecule has 0 saturated heterocycles. The molecular formula is C15H13N3O2. The first-order valence-corrected chi connectivity index (χ1v) is 6.37. The van der Waals surface area contributed by atoms with E-state index in [9.17, 15) is 4.79 Å². The summed E-state index contributed by atoms with van der Waals surface area (Å²) in [6, 6.07) is 11.0. The summed E-state index contributed by atoms with van der Waals surface area (Å²) in [6.07, 6.45) is 1.70. The van der Waals surface area contributed by atoms with Crippen LogP contribution in [0.1, 0.15) is 17.3 Å². The Kier molecular flexibility index (Phi) is 3.16. The minimum absolute atomic E-state index is 0.340. The molecule has 0 fully saturated rings. The molecule has 3 aromatic rings. The fraction of sp³-hybridized carbons (Fsp3) is 0.133. The summed E-state index contributed by atoms with van der Waals surface area (Å²) >= 11 is 0. The minimum atomic E-state index is -0.364. The fourth-order valence-corrected chi connectivity index (χ4v) is 2.03. The number of hydrogen-bond donors (Lipinski definition) is 1. The summed E-state index contributed by atoms with van der Waals surface area (Å²) in [4.78, 5) is 23.8. The van der Waals surface area contributed by atoms with Crippen LogP contribution in [0.3, 0.4) is 0 Å². The van der Waals surface area contributed by atoms with Crippen molar-refractivity contribution in [2.24, 2.45) is 0 Å². The molecule has 3 rings (SSSR count). The first-order valence-electron chi connectivity index (χ1n) is 6.37. The van der Waals surface area contributed by atoms with Crippen LogP contribution in [-0.4, -0.2) is 27.5 Å². The second kappa shape index (κ2) is 5.13. The first-order chi connectivity index (χ1) is 9.79. The third kappa shape index (κ3) is 2.14. The summed E-state index contributed by atoms with van der Waals surface area (Å²) in [6.45, 7) is 2.12.